The lowest BCUT2D eigenvalue weighted by Gasteiger charge is -2.08. The van der Waals surface area contributed by atoms with E-state index in [0.717, 1.165) is 27.7 Å². The van der Waals surface area contributed by atoms with Crippen LogP contribution in [0, 0.1) is 6.92 Å². The molecule has 0 atom stereocenters. The summed E-state index contributed by atoms with van der Waals surface area (Å²) in [6.07, 6.45) is 1.06. The van der Waals surface area contributed by atoms with Crippen LogP contribution in [0.1, 0.15) is 16.2 Å². The molecule has 0 aliphatic carbocycles. The number of pyridine rings is 1. The van der Waals surface area contributed by atoms with E-state index in [9.17, 15) is 13.2 Å². The lowest BCUT2D eigenvalue weighted by atomic mass is 10.1. The standard InChI is InChI=1S/C24H20N6O3S2/c1-15-5-3-8-23(26-15)30-21(16-9-10-19-22(11-16)34-14-25-19)13-20(28-30)24(31)27-17-6-4-7-18(12-17)29-35(2,32)33/h3-14,29H,1-2H3,(H,27,31). The number of sulfonamides is 1. The Labute approximate surface area is 205 Å². The van der Waals surface area contributed by atoms with Gasteiger partial charge in [0, 0.05) is 16.9 Å². The highest BCUT2D eigenvalue weighted by molar-refractivity contribution is 7.92. The highest BCUT2D eigenvalue weighted by Gasteiger charge is 2.18. The first-order valence-electron chi connectivity index (χ1n) is 10.5. The molecule has 3 aromatic heterocycles. The van der Waals surface area contributed by atoms with Gasteiger partial charge in [0.25, 0.3) is 5.91 Å². The van der Waals surface area contributed by atoms with Crippen molar-refractivity contribution in [3.8, 4) is 17.1 Å². The first-order valence-corrected chi connectivity index (χ1v) is 13.3. The summed E-state index contributed by atoms with van der Waals surface area (Å²) in [7, 11) is -3.44. The van der Waals surface area contributed by atoms with E-state index < -0.39 is 15.9 Å². The number of carbonyl (C=O) groups excluding carboxylic acids is 1. The summed E-state index contributed by atoms with van der Waals surface area (Å²) in [4.78, 5) is 22.0. The van der Waals surface area contributed by atoms with E-state index in [-0.39, 0.29) is 5.69 Å². The summed E-state index contributed by atoms with van der Waals surface area (Å²) in [6.45, 7) is 1.89. The second-order valence-corrected chi connectivity index (χ2v) is 10.5. The van der Waals surface area contributed by atoms with Crippen molar-refractivity contribution in [1.82, 2.24) is 19.7 Å². The minimum absolute atomic E-state index is 0.189. The van der Waals surface area contributed by atoms with E-state index in [4.69, 9.17) is 0 Å². The molecule has 0 aliphatic rings. The van der Waals surface area contributed by atoms with Gasteiger partial charge in [0.15, 0.2) is 11.5 Å². The smallest absolute Gasteiger partial charge is 0.276 e. The number of thiazole rings is 1. The van der Waals surface area contributed by atoms with Gasteiger partial charge in [0.05, 0.1) is 33.4 Å². The van der Waals surface area contributed by atoms with E-state index in [1.807, 2.05) is 43.3 Å². The Balaban J connectivity index is 1.53. The molecule has 0 saturated carbocycles. The lowest BCUT2D eigenvalue weighted by Crippen LogP contribution is -2.14. The minimum Gasteiger partial charge on any atom is -0.321 e. The highest BCUT2D eigenvalue weighted by Crippen LogP contribution is 2.29. The molecule has 3 heterocycles. The molecule has 0 aliphatic heterocycles. The van der Waals surface area contributed by atoms with E-state index in [0.29, 0.717) is 22.9 Å². The van der Waals surface area contributed by atoms with Gasteiger partial charge >= 0.3 is 0 Å². The van der Waals surface area contributed by atoms with Crippen molar-refractivity contribution in [2.75, 3.05) is 16.3 Å². The van der Waals surface area contributed by atoms with Crippen molar-refractivity contribution in [3.63, 3.8) is 0 Å². The summed E-state index contributed by atoms with van der Waals surface area (Å²) >= 11 is 1.54. The second kappa shape index (κ2) is 8.93. The van der Waals surface area contributed by atoms with Crippen LogP contribution in [0.2, 0.25) is 0 Å². The molecule has 0 fully saturated rings. The number of hydrogen-bond donors (Lipinski definition) is 2. The number of rotatable bonds is 6. The van der Waals surface area contributed by atoms with Gasteiger partial charge in [0.2, 0.25) is 10.0 Å². The van der Waals surface area contributed by atoms with Crippen molar-refractivity contribution >= 4 is 48.9 Å². The monoisotopic (exact) mass is 504 g/mol. The number of amides is 1. The molecule has 0 radical (unpaired) electrons. The number of nitrogens with zero attached hydrogens (tertiary/aromatic N) is 4. The summed E-state index contributed by atoms with van der Waals surface area (Å²) in [5.74, 6) is 0.149. The van der Waals surface area contributed by atoms with Crippen LogP contribution in [0.4, 0.5) is 11.4 Å². The van der Waals surface area contributed by atoms with E-state index in [1.165, 1.54) is 17.4 Å². The van der Waals surface area contributed by atoms with Gasteiger partial charge in [-0.25, -0.2) is 23.1 Å². The Morgan fingerprint density at radius 3 is 2.60 bits per heavy atom. The number of aromatic nitrogens is 4. The Kier molecular flexibility index (Phi) is 5.79. The van der Waals surface area contributed by atoms with Gasteiger partial charge in [-0.2, -0.15) is 5.10 Å². The molecule has 5 aromatic rings. The van der Waals surface area contributed by atoms with Gasteiger partial charge in [-0.1, -0.05) is 18.2 Å². The van der Waals surface area contributed by atoms with Crippen molar-refractivity contribution in [1.29, 1.82) is 0 Å². The zero-order valence-corrected chi connectivity index (χ0v) is 20.4. The summed E-state index contributed by atoms with van der Waals surface area (Å²) < 4.78 is 28.1. The molecule has 11 heteroatoms. The minimum atomic E-state index is -3.44. The molecule has 0 spiro atoms. The molecule has 5 rings (SSSR count). The largest absolute Gasteiger partial charge is 0.321 e. The number of hydrogen-bond acceptors (Lipinski definition) is 7. The average molecular weight is 505 g/mol. The van der Waals surface area contributed by atoms with Gasteiger partial charge in [-0.05, 0) is 55.5 Å². The predicted molar refractivity (Wildman–Crippen MR) is 138 cm³/mol. The van der Waals surface area contributed by atoms with Crippen molar-refractivity contribution in [3.05, 3.63) is 83.6 Å². The van der Waals surface area contributed by atoms with Gasteiger partial charge in [-0.3, -0.25) is 9.52 Å². The molecule has 2 N–H and O–H groups in total. The zero-order valence-electron chi connectivity index (χ0n) is 18.8. The normalized spacial score (nSPS) is 11.5. The number of aryl methyl sites for hydroxylation is 1. The summed E-state index contributed by atoms with van der Waals surface area (Å²) in [6, 6.07) is 19.7. The number of nitrogens with one attached hydrogen (secondary N) is 2. The van der Waals surface area contributed by atoms with E-state index in [1.54, 1.807) is 34.5 Å². The summed E-state index contributed by atoms with van der Waals surface area (Å²) in [5, 5.41) is 7.35. The first kappa shape index (κ1) is 22.7. The van der Waals surface area contributed by atoms with Crippen molar-refractivity contribution in [2.24, 2.45) is 0 Å². The SMILES string of the molecule is Cc1cccc(-n2nc(C(=O)Nc3cccc(NS(C)(=O)=O)c3)cc2-c2ccc3ncsc3c2)n1. The predicted octanol–water partition coefficient (Wildman–Crippen LogP) is 4.48. The number of carbonyl (C=O) groups is 1. The first-order chi connectivity index (χ1) is 16.7. The molecule has 9 nitrogen and oxygen atoms in total. The Hall–Kier alpha value is -4.09. The Morgan fingerprint density at radius 2 is 1.80 bits per heavy atom. The maximum atomic E-state index is 13.1. The van der Waals surface area contributed by atoms with E-state index in [2.05, 4.69) is 25.1 Å². The molecule has 0 unspecified atom stereocenters. The van der Waals surface area contributed by atoms with Crippen LogP contribution in [0.5, 0.6) is 0 Å². The molecular weight excluding hydrogens is 484 g/mol. The van der Waals surface area contributed by atoms with Crippen LogP contribution in [-0.4, -0.2) is 40.3 Å². The van der Waals surface area contributed by atoms with Crippen LogP contribution in [0.25, 0.3) is 27.3 Å². The number of benzene rings is 2. The fourth-order valence-electron chi connectivity index (χ4n) is 3.60. The zero-order chi connectivity index (χ0) is 24.6. The Bertz CT molecular complexity index is 1670. The van der Waals surface area contributed by atoms with Crippen molar-refractivity contribution in [2.45, 2.75) is 6.92 Å². The summed E-state index contributed by atoms with van der Waals surface area (Å²) in [5.41, 5.74) is 6.06. The Morgan fingerprint density at radius 1 is 1.00 bits per heavy atom. The van der Waals surface area contributed by atoms with Gasteiger partial charge in [-0.15, -0.1) is 11.3 Å². The molecule has 2 aromatic carbocycles. The number of fused-ring (bicyclic) bond motifs is 1. The molecule has 35 heavy (non-hydrogen) atoms. The molecule has 1 amide bonds. The van der Waals surface area contributed by atoms with Crippen molar-refractivity contribution < 1.29 is 13.2 Å². The lowest BCUT2D eigenvalue weighted by molar-refractivity contribution is 0.102. The molecular formula is C24H20N6O3S2. The van der Waals surface area contributed by atoms with Gasteiger partial charge < -0.3 is 5.32 Å². The second-order valence-electron chi connectivity index (χ2n) is 7.91. The molecule has 176 valence electrons. The third kappa shape index (κ3) is 5.05. The quantitative estimate of drug-likeness (QED) is 0.352. The van der Waals surface area contributed by atoms with Crippen LogP contribution < -0.4 is 10.0 Å². The molecule has 0 bridgehead atoms. The van der Waals surface area contributed by atoms with E-state index >= 15 is 0 Å². The highest BCUT2D eigenvalue weighted by atomic mass is 32.2. The maximum Gasteiger partial charge on any atom is 0.276 e. The maximum absolute atomic E-state index is 13.1. The average Bonchev–Trinajstić information content (AvgIpc) is 3.45. The van der Waals surface area contributed by atoms with Gasteiger partial charge in [0.1, 0.15) is 0 Å². The fraction of sp³-hybridized carbons (Fsp3) is 0.0833. The number of anilines is 2. The van der Waals surface area contributed by atoms with Crippen LogP contribution in [0.3, 0.4) is 0 Å². The topological polar surface area (TPSA) is 119 Å². The molecule has 0 saturated heterocycles. The third-order valence-corrected chi connectivity index (χ3v) is 6.48. The van der Waals surface area contributed by atoms with Crippen LogP contribution >= 0.6 is 11.3 Å². The third-order valence-electron chi connectivity index (χ3n) is 5.08. The van der Waals surface area contributed by atoms with Crippen LogP contribution in [0.15, 0.2) is 72.2 Å². The van der Waals surface area contributed by atoms with Crippen LogP contribution in [-0.2, 0) is 10.0 Å². The fourth-order valence-corrected chi connectivity index (χ4v) is 4.87.